The zero-order valence-corrected chi connectivity index (χ0v) is 11.1. The Morgan fingerprint density at radius 1 is 1.40 bits per heavy atom. The first kappa shape index (κ1) is 14.3. The molecule has 0 spiro atoms. The Labute approximate surface area is 116 Å². The van der Waals surface area contributed by atoms with E-state index < -0.39 is 28.8 Å². The van der Waals surface area contributed by atoms with Crippen molar-refractivity contribution in [3.8, 4) is 0 Å². The maximum Gasteiger partial charge on any atom is 0.318 e. The van der Waals surface area contributed by atoms with Crippen molar-refractivity contribution < 1.29 is 18.4 Å². The van der Waals surface area contributed by atoms with Gasteiger partial charge in [-0.1, -0.05) is 11.8 Å². The molecule has 0 saturated carbocycles. The van der Waals surface area contributed by atoms with Gasteiger partial charge in [-0.3, -0.25) is 10.1 Å². The Morgan fingerprint density at radius 3 is 2.70 bits per heavy atom. The second-order valence-corrected chi connectivity index (χ2v) is 5.27. The molecule has 2 aromatic rings. The molecule has 1 aromatic heterocycles. The summed E-state index contributed by atoms with van der Waals surface area (Å²) < 4.78 is 26.1. The first-order chi connectivity index (χ1) is 9.36. The number of halogens is 2. The zero-order chi connectivity index (χ0) is 14.9. The Balaban J connectivity index is 2.17. The summed E-state index contributed by atoms with van der Waals surface area (Å²) in [7, 11) is 0. The predicted molar refractivity (Wildman–Crippen MR) is 69.1 cm³/mol. The first-order valence-electron chi connectivity index (χ1n) is 5.48. The van der Waals surface area contributed by atoms with Crippen molar-refractivity contribution in [1.82, 2.24) is 15.3 Å². The van der Waals surface area contributed by atoms with E-state index in [9.17, 15) is 18.4 Å². The van der Waals surface area contributed by atoms with Crippen LogP contribution in [0.2, 0.25) is 0 Å². The molecule has 1 unspecified atom stereocenters. The van der Waals surface area contributed by atoms with Crippen molar-refractivity contribution in [2.45, 2.75) is 17.3 Å². The van der Waals surface area contributed by atoms with Crippen molar-refractivity contribution in [2.75, 3.05) is 0 Å². The van der Waals surface area contributed by atoms with Gasteiger partial charge in [0, 0.05) is 12.1 Å². The highest BCUT2D eigenvalue weighted by Gasteiger charge is 2.18. The van der Waals surface area contributed by atoms with Gasteiger partial charge in [-0.05, 0) is 6.92 Å². The standard InChI is InChI=1S/C11H10F2N4O2S/c1-4(9(18)17-10(14)19)20-11-15-7-2-5(12)6(13)3-8(7)16-11/h2-4H,1H3,(H,15,16)(H3,14,17,18,19). The molecule has 0 aliphatic carbocycles. The van der Waals surface area contributed by atoms with Crippen molar-refractivity contribution >= 4 is 34.7 Å². The molecule has 1 aromatic carbocycles. The van der Waals surface area contributed by atoms with Gasteiger partial charge in [-0.2, -0.15) is 0 Å². The Kier molecular flexibility index (Phi) is 3.89. The molecule has 9 heteroatoms. The van der Waals surface area contributed by atoms with Crippen LogP contribution in [0.4, 0.5) is 13.6 Å². The fourth-order valence-corrected chi connectivity index (χ4v) is 2.30. The number of aromatic nitrogens is 2. The van der Waals surface area contributed by atoms with Crippen LogP contribution in [0.3, 0.4) is 0 Å². The van der Waals surface area contributed by atoms with Gasteiger partial charge < -0.3 is 10.7 Å². The summed E-state index contributed by atoms with van der Waals surface area (Å²) in [6.07, 6.45) is 0. The fraction of sp³-hybridized carbons (Fsp3) is 0.182. The second kappa shape index (κ2) is 5.45. The number of nitrogens with one attached hydrogen (secondary N) is 2. The van der Waals surface area contributed by atoms with Crippen LogP contribution < -0.4 is 11.1 Å². The van der Waals surface area contributed by atoms with Crippen LogP contribution >= 0.6 is 11.8 Å². The Bertz CT molecular complexity index is 649. The number of amides is 3. The minimum Gasteiger partial charge on any atom is -0.351 e. The van der Waals surface area contributed by atoms with Crippen molar-refractivity contribution in [3.05, 3.63) is 23.8 Å². The molecule has 0 aliphatic rings. The van der Waals surface area contributed by atoms with E-state index in [2.05, 4.69) is 9.97 Å². The van der Waals surface area contributed by atoms with Gasteiger partial charge in [0.2, 0.25) is 5.91 Å². The third-order valence-corrected chi connectivity index (χ3v) is 3.39. The van der Waals surface area contributed by atoms with Crippen LogP contribution in [0.1, 0.15) is 6.92 Å². The van der Waals surface area contributed by atoms with E-state index in [1.165, 1.54) is 6.92 Å². The Hall–Kier alpha value is -2.16. The molecule has 1 atom stereocenters. The van der Waals surface area contributed by atoms with Gasteiger partial charge in [0.05, 0.1) is 16.3 Å². The molecule has 1 heterocycles. The van der Waals surface area contributed by atoms with E-state index in [4.69, 9.17) is 5.73 Å². The number of nitrogens with zero attached hydrogens (tertiary/aromatic N) is 1. The maximum atomic E-state index is 13.0. The van der Waals surface area contributed by atoms with E-state index in [1.807, 2.05) is 5.32 Å². The minimum atomic E-state index is -1.000. The number of urea groups is 1. The molecule has 0 fully saturated rings. The van der Waals surface area contributed by atoms with Gasteiger partial charge >= 0.3 is 6.03 Å². The maximum absolute atomic E-state index is 13.0. The molecule has 0 radical (unpaired) electrons. The summed E-state index contributed by atoms with van der Waals surface area (Å²) in [4.78, 5) is 28.8. The number of hydrogen-bond donors (Lipinski definition) is 3. The second-order valence-electron chi connectivity index (χ2n) is 3.94. The third-order valence-electron chi connectivity index (χ3n) is 2.41. The zero-order valence-electron chi connectivity index (χ0n) is 10.2. The van der Waals surface area contributed by atoms with Gasteiger partial charge in [0.15, 0.2) is 16.8 Å². The van der Waals surface area contributed by atoms with Crippen LogP contribution in [0.15, 0.2) is 17.3 Å². The topological polar surface area (TPSA) is 101 Å². The number of nitrogens with two attached hydrogens (primary N) is 1. The van der Waals surface area contributed by atoms with Crippen molar-refractivity contribution in [2.24, 2.45) is 5.73 Å². The van der Waals surface area contributed by atoms with E-state index in [0.717, 1.165) is 23.9 Å². The summed E-state index contributed by atoms with van der Waals surface area (Å²) in [5.41, 5.74) is 5.39. The number of carbonyl (C=O) groups excluding carboxylic acids is 2. The predicted octanol–water partition coefficient (Wildman–Crippen LogP) is 1.52. The smallest absolute Gasteiger partial charge is 0.318 e. The van der Waals surface area contributed by atoms with Gasteiger partial charge in [0.25, 0.3) is 0 Å². The summed E-state index contributed by atoms with van der Waals surface area (Å²) in [5, 5.41) is 1.58. The van der Waals surface area contributed by atoms with E-state index in [0.29, 0.717) is 10.7 Å². The molecular weight excluding hydrogens is 290 g/mol. The average Bonchev–Trinajstić information content (AvgIpc) is 2.70. The molecular formula is C11H10F2N4O2S. The normalized spacial score (nSPS) is 12.3. The number of H-pyrrole nitrogens is 1. The molecule has 0 saturated heterocycles. The SMILES string of the molecule is CC(Sc1nc2cc(F)c(F)cc2[nH]1)C(=O)NC(N)=O. The third kappa shape index (κ3) is 3.05. The molecule has 20 heavy (non-hydrogen) atoms. The molecule has 4 N–H and O–H groups in total. The lowest BCUT2D eigenvalue weighted by Gasteiger charge is -2.07. The number of primary amides is 1. The number of carbonyl (C=O) groups is 2. The number of benzene rings is 1. The Morgan fingerprint density at radius 2 is 2.05 bits per heavy atom. The largest absolute Gasteiger partial charge is 0.351 e. The van der Waals surface area contributed by atoms with Gasteiger partial charge in [0.1, 0.15) is 0 Å². The van der Waals surface area contributed by atoms with Crippen molar-refractivity contribution in [1.29, 1.82) is 0 Å². The highest BCUT2D eigenvalue weighted by atomic mass is 32.2. The van der Waals surface area contributed by atoms with Crippen molar-refractivity contribution in [3.63, 3.8) is 0 Å². The summed E-state index contributed by atoms with van der Waals surface area (Å²) in [6.45, 7) is 1.54. The van der Waals surface area contributed by atoms with E-state index in [-0.39, 0.29) is 5.52 Å². The van der Waals surface area contributed by atoms with Gasteiger partial charge in [-0.15, -0.1) is 0 Å². The lowest BCUT2D eigenvalue weighted by Crippen LogP contribution is -2.39. The van der Waals surface area contributed by atoms with E-state index >= 15 is 0 Å². The number of hydrogen-bond acceptors (Lipinski definition) is 4. The van der Waals surface area contributed by atoms with Gasteiger partial charge in [-0.25, -0.2) is 18.6 Å². The molecule has 6 nitrogen and oxygen atoms in total. The highest BCUT2D eigenvalue weighted by molar-refractivity contribution is 8.00. The number of imide groups is 1. The molecule has 3 amide bonds. The quantitative estimate of drug-likeness (QED) is 0.748. The summed E-state index contributed by atoms with van der Waals surface area (Å²) >= 11 is 1.000. The van der Waals surface area contributed by atoms with Crippen LogP contribution in [0.25, 0.3) is 11.0 Å². The highest BCUT2D eigenvalue weighted by Crippen LogP contribution is 2.24. The fourth-order valence-electron chi connectivity index (χ4n) is 1.48. The molecule has 2 rings (SSSR count). The number of aromatic amines is 1. The van der Waals surface area contributed by atoms with Crippen LogP contribution in [0.5, 0.6) is 0 Å². The summed E-state index contributed by atoms with van der Waals surface area (Å²) in [5.74, 6) is -2.57. The number of thioether (sulfide) groups is 1. The number of fused-ring (bicyclic) bond motifs is 1. The lowest BCUT2D eigenvalue weighted by molar-refractivity contribution is -0.119. The number of imidazole rings is 1. The summed E-state index contributed by atoms with van der Waals surface area (Å²) in [6, 6.07) is 0.992. The van der Waals surface area contributed by atoms with Crippen LogP contribution in [-0.4, -0.2) is 27.2 Å². The molecule has 106 valence electrons. The monoisotopic (exact) mass is 300 g/mol. The lowest BCUT2D eigenvalue weighted by atomic mass is 10.3. The first-order valence-corrected chi connectivity index (χ1v) is 6.36. The molecule has 0 aliphatic heterocycles. The van der Waals surface area contributed by atoms with Crippen LogP contribution in [-0.2, 0) is 4.79 Å². The van der Waals surface area contributed by atoms with Crippen LogP contribution in [0, 0.1) is 11.6 Å². The average molecular weight is 300 g/mol. The molecule has 0 bridgehead atoms. The van der Waals surface area contributed by atoms with E-state index in [1.54, 1.807) is 0 Å². The minimum absolute atomic E-state index is 0.244. The number of rotatable bonds is 3.